The van der Waals surface area contributed by atoms with Crippen molar-refractivity contribution in [3.8, 4) is 5.75 Å². The quantitative estimate of drug-likeness (QED) is 0.252. The first-order valence-corrected chi connectivity index (χ1v) is 13.8. The van der Waals surface area contributed by atoms with E-state index in [1.165, 1.54) is 28.2 Å². The Labute approximate surface area is 226 Å². The molecule has 0 radical (unpaired) electrons. The van der Waals surface area contributed by atoms with Crippen molar-refractivity contribution >= 4 is 27.6 Å². The number of rotatable bonds is 7. The highest BCUT2D eigenvalue weighted by Crippen LogP contribution is 2.49. The van der Waals surface area contributed by atoms with Crippen molar-refractivity contribution < 1.29 is 27.0 Å². The highest BCUT2D eigenvalue weighted by atomic mass is 32.2. The molecule has 8 nitrogen and oxygen atoms in total. The number of anilines is 1. The summed E-state index contributed by atoms with van der Waals surface area (Å²) in [6.07, 6.45) is -1.06. The molecule has 9 heteroatoms. The lowest BCUT2D eigenvalue weighted by Gasteiger charge is -2.29. The molecule has 0 N–H and O–H groups in total. The SMILES string of the molecule is O=C1[C@@H]2[C@@H](c3ccccc3OS(=O)(=O)c3ccccc3)N(c3ccccc3)O[C@H]2C(=O)N1Cc1ccccc1. The molecule has 6 rings (SSSR count). The van der Waals surface area contributed by atoms with E-state index in [2.05, 4.69) is 0 Å². The van der Waals surface area contributed by atoms with Crippen LogP contribution in [0.25, 0.3) is 0 Å². The third-order valence-corrected chi connectivity index (χ3v) is 8.12. The van der Waals surface area contributed by atoms with Gasteiger partial charge in [-0.2, -0.15) is 8.42 Å². The fraction of sp³-hybridized carbons (Fsp3) is 0.133. The summed E-state index contributed by atoms with van der Waals surface area (Å²) >= 11 is 0. The zero-order valence-corrected chi connectivity index (χ0v) is 21.5. The molecule has 2 fully saturated rings. The average molecular weight is 541 g/mol. The summed E-state index contributed by atoms with van der Waals surface area (Å²) < 4.78 is 31.9. The van der Waals surface area contributed by atoms with Crippen molar-refractivity contribution in [2.45, 2.75) is 23.6 Å². The monoisotopic (exact) mass is 540 g/mol. The van der Waals surface area contributed by atoms with Gasteiger partial charge in [0.15, 0.2) is 6.10 Å². The molecular weight excluding hydrogens is 516 g/mol. The Kier molecular flexibility index (Phi) is 6.38. The van der Waals surface area contributed by atoms with E-state index in [1.807, 2.05) is 48.5 Å². The number of likely N-dealkylation sites (tertiary alicyclic amines) is 1. The number of para-hydroxylation sites is 2. The van der Waals surface area contributed by atoms with E-state index in [-0.39, 0.29) is 17.2 Å². The Balaban J connectivity index is 1.41. The summed E-state index contributed by atoms with van der Waals surface area (Å²) in [6, 6.07) is 32.0. The Hall–Kier alpha value is -4.47. The lowest BCUT2D eigenvalue weighted by Crippen LogP contribution is -2.37. The van der Waals surface area contributed by atoms with Gasteiger partial charge in [0.05, 0.1) is 18.3 Å². The van der Waals surface area contributed by atoms with E-state index in [9.17, 15) is 18.0 Å². The summed E-state index contributed by atoms with van der Waals surface area (Å²) in [4.78, 5) is 34.7. The van der Waals surface area contributed by atoms with Crippen LogP contribution in [0, 0.1) is 5.92 Å². The van der Waals surface area contributed by atoms with Crippen molar-refractivity contribution in [2.24, 2.45) is 5.92 Å². The van der Waals surface area contributed by atoms with Crippen LogP contribution >= 0.6 is 0 Å². The molecule has 196 valence electrons. The minimum Gasteiger partial charge on any atom is -0.379 e. The Morgan fingerprint density at radius 1 is 0.718 bits per heavy atom. The first-order chi connectivity index (χ1) is 18.9. The molecule has 4 aromatic carbocycles. The van der Waals surface area contributed by atoms with Crippen molar-refractivity contribution in [1.29, 1.82) is 0 Å². The highest BCUT2D eigenvalue weighted by Gasteiger charge is 2.60. The zero-order valence-electron chi connectivity index (χ0n) is 20.7. The standard InChI is InChI=1S/C30H24N2O6S/c33-29-26-27(24-18-10-11-19-25(24)38-39(35,36)23-16-8-3-9-17-23)32(22-14-6-2-7-15-22)37-28(26)30(34)31(29)20-21-12-4-1-5-13-21/h1-19,26-28H,20H2/t26-,27-,28-/m1/s1. The summed E-state index contributed by atoms with van der Waals surface area (Å²) in [5, 5.41) is 1.52. The van der Waals surface area contributed by atoms with Crippen LogP contribution in [-0.2, 0) is 31.1 Å². The van der Waals surface area contributed by atoms with Gasteiger partial charge in [-0.1, -0.05) is 84.9 Å². The van der Waals surface area contributed by atoms with E-state index in [0.717, 1.165) is 5.56 Å². The Morgan fingerprint density at radius 2 is 1.31 bits per heavy atom. The van der Waals surface area contributed by atoms with Crippen LogP contribution in [0.15, 0.2) is 120 Å². The maximum Gasteiger partial charge on any atom is 0.339 e. The molecule has 2 aliphatic rings. The molecule has 0 saturated carbocycles. The van der Waals surface area contributed by atoms with Gasteiger partial charge >= 0.3 is 10.1 Å². The number of fused-ring (bicyclic) bond motifs is 1. The lowest BCUT2D eigenvalue weighted by molar-refractivity contribution is -0.143. The molecule has 0 aromatic heterocycles. The number of amides is 2. The largest absolute Gasteiger partial charge is 0.379 e. The second kappa shape index (κ2) is 10.0. The topological polar surface area (TPSA) is 93.2 Å². The minimum atomic E-state index is -4.17. The molecule has 0 aliphatic carbocycles. The minimum absolute atomic E-state index is 0.00132. The zero-order chi connectivity index (χ0) is 27.0. The molecule has 0 bridgehead atoms. The summed E-state index contributed by atoms with van der Waals surface area (Å²) in [5.41, 5.74) is 1.84. The average Bonchev–Trinajstić information content (AvgIpc) is 3.46. The predicted molar refractivity (Wildman–Crippen MR) is 143 cm³/mol. The third kappa shape index (κ3) is 4.56. The van der Waals surface area contributed by atoms with E-state index in [0.29, 0.717) is 11.3 Å². The fourth-order valence-corrected chi connectivity index (χ4v) is 6.04. The van der Waals surface area contributed by atoms with E-state index < -0.39 is 40.0 Å². The van der Waals surface area contributed by atoms with Gasteiger partial charge in [-0.05, 0) is 35.9 Å². The van der Waals surface area contributed by atoms with E-state index in [4.69, 9.17) is 9.02 Å². The number of hydroxylamine groups is 1. The molecule has 2 amide bonds. The molecule has 2 aliphatic heterocycles. The van der Waals surface area contributed by atoms with Crippen molar-refractivity contribution in [3.63, 3.8) is 0 Å². The summed E-state index contributed by atoms with van der Waals surface area (Å²) in [6.45, 7) is 0.119. The van der Waals surface area contributed by atoms with Gasteiger partial charge in [0.1, 0.15) is 16.6 Å². The lowest BCUT2D eigenvalue weighted by atomic mass is 9.90. The summed E-state index contributed by atoms with van der Waals surface area (Å²) in [5.74, 6) is -1.69. The Morgan fingerprint density at radius 3 is 2.00 bits per heavy atom. The number of nitrogens with zero attached hydrogens (tertiary/aromatic N) is 2. The van der Waals surface area contributed by atoms with E-state index in [1.54, 1.807) is 48.5 Å². The van der Waals surface area contributed by atoms with Crippen LogP contribution in [0.5, 0.6) is 5.75 Å². The second-order valence-electron chi connectivity index (χ2n) is 9.29. The molecule has 0 unspecified atom stereocenters. The van der Waals surface area contributed by atoms with Crippen molar-refractivity contribution in [2.75, 3.05) is 5.06 Å². The normalized spacial score (nSPS) is 20.8. The van der Waals surface area contributed by atoms with Crippen molar-refractivity contribution in [3.05, 3.63) is 126 Å². The van der Waals surface area contributed by atoms with Gasteiger partial charge < -0.3 is 4.18 Å². The Bertz CT molecular complexity index is 1610. The predicted octanol–water partition coefficient (Wildman–Crippen LogP) is 4.50. The molecule has 4 aromatic rings. The molecule has 0 spiro atoms. The van der Waals surface area contributed by atoms with E-state index >= 15 is 0 Å². The molecule has 2 heterocycles. The van der Waals surface area contributed by atoms with Crippen LogP contribution < -0.4 is 9.25 Å². The maximum atomic E-state index is 13.8. The van der Waals surface area contributed by atoms with Gasteiger partial charge in [0.25, 0.3) is 5.91 Å². The number of imide groups is 1. The number of hydrogen-bond donors (Lipinski definition) is 0. The van der Waals surface area contributed by atoms with Gasteiger partial charge in [-0.15, -0.1) is 0 Å². The number of carbonyl (C=O) groups is 2. The highest BCUT2D eigenvalue weighted by molar-refractivity contribution is 7.87. The van der Waals surface area contributed by atoms with Crippen molar-refractivity contribution in [1.82, 2.24) is 4.90 Å². The molecule has 3 atom stereocenters. The van der Waals surface area contributed by atoms with Crippen LogP contribution in [0.2, 0.25) is 0 Å². The smallest absolute Gasteiger partial charge is 0.339 e. The number of benzene rings is 4. The van der Waals surface area contributed by atoms with Crippen LogP contribution in [0.4, 0.5) is 5.69 Å². The summed E-state index contributed by atoms with van der Waals surface area (Å²) in [7, 11) is -4.17. The van der Waals surface area contributed by atoms with Gasteiger partial charge in [-0.25, -0.2) is 5.06 Å². The number of carbonyl (C=O) groups excluding carboxylic acids is 2. The van der Waals surface area contributed by atoms with Crippen LogP contribution in [-0.4, -0.2) is 31.2 Å². The van der Waals surface area contributed by atoms with Crippen LogP contribution in [0.3, 0.4) is 0 Å². The first kappa shape index (κ1) is 24.8. The first-order valence-electron chi connectivity index (χ1n) is 12.4. The maximum absolute atomic E-state index is 13.8. The van der Waals surface area contributed by atoms with Gasteiger partial charge in [0.2, 0.25) is 5.91 Å². The molecular formula is C30H24N2O6S. The van der Waals surface area contributed by atoms with Gasteiger partial charge in [-0.3, -0.25) is 19.3 Å². The molecule has 2 saturated heterocycles. The second-order valence-corrected chi connectivity index (χ2v) is 10.8. The van der Waals surface area contributed by atoms with Gasteiger partial charge in [0, 0.05) is 5.56 Å². The van der Waals surface area contributed by atoms with Crippen LogP contribution in [0.1, 0.15) is 17.2 Å². The number of hydrogen-bond acceptors (Lipinski definition) is 7. The fourth-order valence-electron chi connectivity index (χ4n) is 5.06. The molecule has 39 heavy (non-hydrogen) atoms. The third-order valence-electron chi connectivity index (χ3n) is 6.87.